The van der Waals surface area contributed by atoms with Gasteiger partial charge in [-0.1, -0.05) is 24.3 Å². The van der Waals surface area contributed by atoms with Crippen molar-refractivity contribution in [2.45, 2.75) is 31.8 Å². The lowest BCUT2D eigenvalue weighted by molar-refractivity contribution is -0.134. The van der Waals surface area contributed by atoms with Crippen LogP contribution in [0.3, 0.4) is 0 Å². The van der Waals surface area contributed by atoms with Crippen LogP contribution in [-0.2, 0) is 9.53 Å². The quantitative estimate of drug-likeness (QED) is 0.456. The Morgan fingerprint density at radius 1 is 1.14 bits per heavy atom. The molecule has 1 aromatic rings. The van der Waals surface area contributed by atoms with E-state index in [4.69, 9.17) is 9.47 Å². The fourth-order valence-electron chi connectivity index (χ4n) is 2.44. The van der Waals surface area contributed by atoms with Gasteiger partial charge in [-0.25, -0.2) is 4.79 Å². The van der Waals surface area contributed by atoms with E-state index in [1.807, 2.05) is 24.3 Å². The van der Waals surface area contributed by atoms with Crippen molar-refractivity contribution in [1.29, 1.82) is 0 Å². The maximum Gasteiger partial charge on any atom is 0.330 e. The van der Waals surface area contributed by atoms with Crippen LogP contribution < -0.4 is 9.47 Å². The molecule has 0 amide bonds. The van der Waals surface area contributed by atoms with E-state index in [1.54, 1.807) is 19.3 Å². The Labute approximate surface area is 131 Å². The first kappa shape index (κ1) is 16.1. The van der Waals surface area contributed by atoms with Crippen LogP contribution in [0.4, 0.5) is 0 Å². The summed E-state index contributed by atoms with van der Waals surface area (Å²) in [4.78, 5) is 11.0. The van der Waals surface area contributed by atoms with E-state index in [-0.39, 0.29) is 12.1 Å². The van der Waals surface area contributed by atoms with E-state index in [1.165, 1.54) is 26.0 Å². The average Bonchev–Trinajstić information content (AvgIpc) is 3.04. The lowest BCUT2D eigenvalue weighted by Crippen LogP contribution is -2.11. The first-order valence-corrected chi connectivity index (χ1v) is 7.50. The van der Waals surface area contributed by atoms with Gasteiger partial charge in [0.05, 0.1) is 20.3 Å². The van der Waals surface area contributed by atoms with Gasteiger partial charge in [-0.3, -0.25) is 0 Å². The molecule has 4 heteroatoms. The van der Waals surface area contributed by atoms with Crippen LogP contribution in [-0.4, -0.2) is 26.3 Å². The van der Waals surface area contributed by atoms with Gasteiger partial charge < -0.3 is 14.2 Å². The minimum absolute atomic E-state index is 0.285. The third-order valence-electron chi connectivity index (χ3n) is 3.62. The first-order chi connectivity index (χ1) is 10.7. The highest BCUT2D eigenvalue weighted by Gasteiger charge is 2.18. The van der Waals surface area contributed by atoms with Gasteiger partial charge in [0.15, 0.2) is 11.5 Å². The summed E-state index contributed by atoms with van der Waals surface area (Å²) in [6.07, 6.45) is 11.7. The molecule has 0 saturated heterocycles. The van der Waals surface area contributed by atoms with Gasteiger partial charge in [0.25, 0.3) is 0 Å². The number of hydrogen-bond donors (Lipinski definition) is 0. The number of allylic oxidation sites excluding steroid dienone is 2. The van der Waals surface area contributed by atoms with E-state index in [2.05, 4.69) is 4.74 Å². The van der Waals surface area contributed by atoms with Crippen molar-refractivity contribution < 1.29 is 19.0 Å². The minimum atomic E-state index is -0.371. The highest BCUT2D eigenvalue weighted by atomic mass is 16.5. The van der Waals surface area contributed by atoms with Crippen molar-refractivity contribution in [3.05, 3.63) is 42.0 Å². The van der Waals surface area contributed by atoms with E-state index in [0.29, 0.717) is 0 Å². The highest BCUT2D eigenvalue weighted by Crippen LogP contribution is 2.32. The molecule has 0 aliphatic heterocycles. The summed E-state index contributed by atoms with van der Waals surface area (Å²) in [7, 11) is 3.00. The largest absolute Gasteiger partial charge is 0.493 e. The third-order valence-corrected chi connectivity index (χ3v) is 3.62. The zero-order chi connectivity index (χ0) is 15.8. The molecular formula is C18H22O4. The second-order valence-electron chi connectivity index (χ2n) is 5.18. The van der Waals surface area contributed by atoms with Crippen LogP contribution in [0.2, 0.25) is 0 Å². The highest BCUT2D eigenvalue weighted by molar-refractivity contribution is 5.82. The van der Waals surface area contributed by atoms with Crippen LogP contribution in [0.15, 0.2) is 36.4 Å². The van der Waals surface area contributed by atoms with Gasteiger partial charge in [0.1, 0.15) is 0 Å². The van der Waals surface area contributed by atoms with Crippen molar-refractivity contribution in [3.8, 4) is 11.5 Å². The van der Waals surface area contributed by atoms with E-state index in [0.717, 1.165) is 29.9 Å². The Kier molecular flexibility index (Phi) is 6.07. The molecule has 0 unspecified atom stereocenters. The smallest absolute Gasteiger partial charge is 0.330 e. The van der Waals surface area contributed by atoms with Gasteiger partial charge in [-0.15, -0.1) is 0 Å². The molecule has 0 bridgehead atoms. The van der Waals surface area contributed by atoms with E-state index in [9.17, 15) is 4.79 Å². The minimum Gasteiger partial charge on any atom is -0.493 e. The summed E-state index contributed by atoms with van der Waals surface area (Å²) in [6, 6.07) is 5.80. The van der Waals surface area contributed by atoms with Gasteiger partial charge in [0.2, 0.25) is 0 Å². The molecule has 0 heterocycles. The molecule has 0 spiro atoms. The molecular weight excluding hydrogens is 280 g/mol. The van der Waals surface area contributed by atoms with Crippen LogP contribution in [0.5, 0.6) is 11.5 Å². The van der Waals surface area contributed by atoms with Gasteiger partial charge in [0, 0.05) is 6.08 Å². The maximum absolute atomic E-state index is 11.0. The molecule has 1 saturated carbocycles. The Morgan fingerprint density at radius 2 is 1.91 bits per heavy atom. The standard InChI is InChI=1S/C18H22O4/c1-20-16-12-11-14(7-3-6-10-18(19)21-2)13-17(16)22-15-8-4-5-9-15/h3,6-7,10-13,15H,4-5,8-9H2,1-2H3. The molecule has 2 rings (SSSR count). The van der Waals surface area contributed by atoms with E-state index < -0.39 is 0 Å². The predicted molar refractivity (Wildman–Crippen MR) is 86.1 cm³/mol. The zero-order valence-electron chi connectivity index (χ0n) is 13.1. The summed E-state index contributed by atoms with van der Waals surface area (Å²) in [5.74, 6) is 1.15. The topological polar surface area (TPSA) is 44.8 Å². The van der Waals surface area contributed by atoms with E-state index >= 15 is 0 Å². The van der Waals surface area contributed by atoms with Crippen LogP contribution in [0.25, 0.3) is 6.08 Å². The van der Waals surface area contributed by atoms with Crippen molar-refractivity contribution in [1.82, 2.24) is 0 Å². The molecule has 0 radical (unpaired) electrons. The molecule has 118 valence electrons. The fraction of sp³-hybridized carbons (Fsp3) is 0.389. The number of hydrogen-bond acceptors (Lipinski definition) is 4. The monoisotopic (exact) mass is 302 g/mol. The Morgan fingerprint density at radius 3 is 2.59 bits per heavy atom. The molecule has 0 N–H and O–H groups in total. The third kappa shape index (κ3) is 4.65. The molecule has 4 nitrogen and oxygen atoms in total. The van der Waals surface area contributed by atoms with Crippen LogP contribution >= 0.6 is 0 Å². The summed E-state index contributed by atoms with van der Waals surface area (Å²) >= 11 is 0. The number of methoxy groups -OCH3 is 2. The van der Waals surface area contributed by atoms with Crippen LogP contribution in [0, 0.1) is 0 Å². The number of ether oxygens (including phenoxy) is 3. The van der Waals surface area contributed by atoms with Crippen molar-refractivity contribution >= 4 is 12.0 Å². The molecule has 0 aromatic heterocycles. The lowest BCUT2D eigenvalue weighted by Gasteiger charge is -2.16. The van der Waals surface area contributed by atoms with Gasteiger partial charge in [-0.2, -0.15) is 0 Å². The summed E-state index contributed by atoms with van der Waals surface area (Å²) in [5, 5.41) is 0. The van der Waals surface area contributed by atoms with Gasteiger partial charge >= 0.3 is 5.97 Å². The van der Waals surface area contributed by atoms with Crippen molar-refractivity contribution in [2.24, 2.45) is 0 Å². The molecule has 1 aromatic carbocycles. The van der Waals surface area contributed by atoms with Gasteiger partial charge in [-0.05, 0) is 43.4 Å². The molecule has 1 aliphatic carbocycles. The summed E-state index contributed by atoms with van der Waals surface area (Å²) in [5.41, 5.74) is 0.989. The summed E-state index contributed by atoms with van der Waals surface area (Å²) < 4.78 is 15.9. The Balaban J connectivity index is 2.07. The average molecular weight is 302 g/mol. The number of carbonyl (C=O) groups excluding carboxylic acids is 1. The number of rotatable bonds is 6. The number of esters is 1. The Hall–Kier alpha value is -2.23. The first-order valence-electron chi connectivity index (χ1n) is 7.50. The molecule has 1 fully saturated rings. The Bertz CT molecular complexity index is 554. The molecule has 22 heavy (non-hydrogen) atoms. The maximum atomic E-state index is 11.0. The predicted octanol–water partition coefficient (Wildman–Crippen LogP) is 3.76. The second-order valence-corrected chi connectivity index (χ2v) is 5.18. The van der Waals surface area contributed by atoms with Crippen molar-refractivity contribution in [2.75, 3.05) is 14.2 Å². The SMILES string of the molecule is COC(=O)C=CC=Cc1ccc(OC)c(OC2CCCC2)c1. The number of carbonyl (C=O) groups is 1. The fourth-order valence-corrected chi connectivity index (χ4v) is 2.44. The van der Waals surface area contributed by atoms with Crippen LogP contribution in [0.1, 0.15) is 31.2 Å². The lowest BCUT2D eigenvalue weighted by atomic mass is 10.2. The summed E-state index contributed by atoms with van der Waals surface area (Å²) in [6.45, 7) is 0. The molecule has 0 atom stereocenters. The molecule has 1 aliphatic rings. The number of benzene rings is 1. The zero-order valence-corrected chi connectivity index (χ0v) is 13.1. The normalized spacial score (nSPS) is 15.5. The second kappa shape index (κ2) is 8.27. The van der Waals surface area contributed by atoms with Crippen molar-refractivity contribution in [3.63, 3.8) is 0 Å².